The first-order valence-corrected chi connectivity index (χ1v) is 15.9. The van der Waals surface area contributed by atoms with Gasteiger partial charge >= 0.3 is 0 Å². The molecule has 0 spiro atoms. The van der Waals surface area contributed by atoms with Gasteiger partial charge in [-0.15, -0.1) is 0 Å². The van der Waals surface area contributed by atoms with Crippen molar-refractivity contribution in [1.29, 1.82) is 0 Å². The quantitative estimate of drug-likeness (QED) is 0.0877. The second kappa shape index (κ2) is 14.5. The molecule has 0 saturated carbocycles. The van der Waals surface area contributed by atoms with Gasteiger partial charge in [0.1, 0.15) is 16.7 Å². The van der Waals surface area contributed by atoms with Crippen LogP contribution in [0.25, 0.3) is 23.0 Å². The Morgan fingerprint density at radius 2 is 1.62 bits per heavy atom. The number of aromatic nitrogens is 2. The first-order chi connectivity index (χ1) is 20.5. The van der Waals surface area contributed by atoms with Crippen molar-refractivity contribution in [1.82, 2.24) is 14.7 Å². The molecule has 1 aliphatic rings. The van der Waals surface area contributed by atoms with Crippen LogP contribution in [-0.4, -0.2) is 31.5 Å². The number of nitrogens with zero attached hydrogens (tertiary/aromatic N) is 3. The van der Waals surface area contributed by atoms with E-state index >= 15 is 0 Å². The Balaban J connectivity index is 1.35. The molecule has 5 rings (SSSR count). The number of carbonyl (C=O) groups is 1. The van der Waals surface area contributed by atoms with Crippen molar-refractivity contribution in [2.45, 2.75) is 59.0 Å². The Bertz CT molecular complexity index is 1530. The Kier molecular flexibility index (Phi) is 10.3. The predicted octanol–water partition coefficient (Wildman–Crippen LogP) is 8.99. The lowest BCUT2D eigenvalue weighted by molar-refractivity contribution is -0.122. The van der Waals surface area contributed by atoms with Crippen molar-refractivity contribution in [3.63, 3.8) is 0 Å². The zero-order valence-electron chi connectivity index (χ0n) is 24.3. The number of ether oxygens (including phenoxy) is 1. The van der Waals surface area contributed by atoms with Crippen LogP contribution in [0.5, 0.6) is 5.75 Å². The van der Waals surface area contributed by atoms with E-state index in [1.165, 1.54) is 43.0 Å². The van der Waals surface area contributed by atoms with Crippen LogP contribution in [0.3, 0.4) is 0 Å². The van der Waals surface area contributed by atoms with Crippen molar-refractivity contribution in [2.24, 2.45) is 0 Å². The molecule has 1 fully saturated rings. The number of thioether (sulfide) groups is 1. The number of thiocarbonyl (C=S) groups is 1. The summed E-state index contributed by atoms with van der Waals surface area (Å²) in [6, 6.07) is 26.3. The highest BCUT2D eigenvalue weighted by Gasteiger charge is 2.32. The van der Waals surface area contributed by atoms with E-state index in [0.29, 0.717) is 22.4 Å². The van der Waals surface area contributed by atoms with Gasteiger partial charge in [-0.2, -0.15) is 5.10 Å². The maximum absolute atomic E-state index is 13.4. The van der Waals surface area contributed by atoms with Crippen molar-refractivity contribution < 1.29 is 9.53 Å². The van der Waals surface area contributed by atoms with E-state index in [9.17, 15) is 4.79 Å². The molecular formula is C35H37N3O2S2. The minimum atomic E-state index is -0.0168. The maximum Gasteiger partial charge on any atom is 0.266 e. The highest BCUT2D eigenvalue weighted by molar-refractivity contribution is 8.26. The van der Waals surface area contributed by atoms with Gasteiger partial charge in [0.2, 0.25) is 0 Å². The summed E-state index contributed by atoms with van der Waals surface area (Å²) in [7, 11) is 0. The van der Waals surface area contributed by atoms with Crippen LogP contribution in [0.15, 0.2) is 90.0 Å². The first-order valence-electron chi connectivity index (χ1n) is 14.7. The van der Waals surface area contributed by atoms with Gasteiger partial charge in [-0.25, -0.2) is 4.68 Å². The zero-order valence-corrected chi connectivity index (χ0v) is 25.9. The molecule has 7 heteroatoms. The Hall–Kier alpha value is -3.68. The van der Waals surface area contributed by atoms with Gasteiger partial charge in [-0.1, -0.05) is 111 Å². The van der Waals surface area contributed by atoms with Gasteiger partial charge in [0, 0.05) is 23.9 Å². The summed E-state index contributed by atoms with van der Waals surface area (Å²) in [5, 5.41) is 4.94. The standard InChI is InChI=1S/C35H37N3O2S2/c1-3-4-5-6-7-11-22-37-34(39)32(42-35(37)41)23-29-24-38(30-12-9-8-10-13-30)36-33(29)28-18-20-31(21-19-28)40-25-27-16-14-26(2)15-17-27/h8-10,12-21,23-24H,3-7,11,22,25H2,1-2H3. The van der Waals surface area contributed by atoms with E-state index in [-0.39, 0.29) is 5.91 Å². The van der Waals surface area contributed by atoms with Crippen molar-refractivity contribution >= 4 is 40.3 Å². The molecule has 216 valence electrons. The van der Waals surface area contributed by atoms with Crippen molar-refractivity contribution in [3.8, 4) is 22.7 Å². The highest BCUT2D eigenvalue weighted by atomic mass is 32.2. The number of carbonyl (C=O) groups excluding carboxylic acids is 1. The van der Waals surface area contributed by atoms with Gasteiger partial charge in [0.15, 0.2) is 0 Å². The molecule has 0 atom stereocenters. The number of hydrogen-bond acceptors (Lipinski definition) is 5. The summed E-state index contributed by atoms with van der Waals surface area (Å²) in [5.41, 5.74) is 5.92. The second-order valence-corrected chi connectivity index (χ2v) is 12.3. The molecule has 1 amide bonds. The largest absolute Gasteiger partial charge is 0.489 e. The van der Waals surface area contributed by atoms with E-state index in [4.69, 9.17) is 22.1 Å². The fraction of sp³-hybridized carbons (Fsp3) is 0.286. The van der Waals surface area contributed by atoms with E-state index < -0.39 is 0 Å². The molecule has 2 heterocycles. The lowest BCUT2D eigenvalue weighted by Crippen LogP contribution is -2.29. The van der Waals surface area contributed by atoms with Gasteiger partial charge in [-0.3, -0.25) is 9.69 Å². The van der Waals surface area contributed by atoms with Gasteiger partial charge in [-0.05, 0) is 61.4 Å². The molecule has 0 bridgehead atoms. The molecule has 3 aromatic carbocycles. The van der Waals surface area contributed by atoms with Gasteiger partial charge in [0.05, 0.1) is 16.3 Å². The Morgan fingerprint density at radius 1 is 0.905 bits per heavy atom. The molecule has 5 nitrogen and oxygen atoms in total. The molecule has 0 radical (unpaired) electrons. The van der Waals surface area contributed by atoms with Crippen LogP contribution in [0.4, 0.5) is 0 Å². The fourth-order valence-corrected chi connectivity index (χ4v) is 6.17. The number of rotatable bonds is 13. The van der Waals surface area contributed by atoms with Crippen LogP contribution in [0.2, 0.25) is 0 Å². The van der Waals surface area contributed by atoms with Crippen LogP contribution >= 0.6 is 24.0 Å². The Labute approximate surface area is 258 Å². The van der Waals surface area contributed by atoms with E-state index in [0.717, 1.165) is 46.7 Å². The van der Waals surface area contributed by atoms with Crippen molar-refractivity contribution in [2.75, 3.05) is 6.54 Å². The molecule has 0 aliphatic carbocycles. The van der Waals surface area contributed by atoms with Gasteiger partial charge in [0.25, 0.3) is 5.91 Å². The number of para-hydroxylation sites is 1. The number of hydrogen-bond donors (Lipinski definition) is 0. The lowest BCUT2D eigenvalue weighted by Gasteiger charge is -2.14. The van der Waals surface area contributed by atoms with Crippen LogP contribution < -0.4 is 4.74 Å². The Morgan fingerprint density at radius 3 is 2.36 bits per heavy atom. The van der Waals surface area contributed by atoms with Crippen molar-refractivity contribution in [3.05, 3.63) is 107 Å². The molecule has 4 aromatic rings. The third-order valence-electron chi connectivity index (χ3n) is 7.31. The third-order valence-corrected chi connectivity index (χ3v) is 8.69. The topological polar surface area (TPSA) is 47.4 Å². The molecule has 1 aromatic heterocycles. The zero-order chi connectivity index (χ0) is 29.3. The minimum Gasteiger partial charge on any atom is -0.489 e. The molecule has 1 saturated heterocycles. The molecular weight excluding hydrogens is 559 g/mol. The SMILES string of the molecule is CCCCCCCCN1C(=O)C(=Cc2cn(-c3ccccc3)nc2-c2ccc(OCc3ccc(C)cc3)cc2)SC1=S. The van der Waals surface area contributed by atoms with E-state index in [1.807, 2.05) is 71.6 Å². The molecule has 0 unspecified atom stereocenters. The molecule has 42 heavy (non-hydrogen) atoms. The second-order valence-electron chi connectivity index (χ2n) is 10.6. The summed E-state index contributed by atoms with van der Waals surface area (Å²) in [6.07, 6.45) is 11.0. The summed E-state index contributed by atoms with van der Waals surface area (Å²) in [4.78, 5) is 15.8. The average Bonchev–Trinajstić information content (AvgIpc) is 3.55. The smallest absolute Gasteiger partial charge is 0.266 e. The van der Waals surface area contributed by atoms with Crippen LogP contribution in [0.1, 0.15) is 62.1 Å². The van der Waals surface area contributed by atoms with Gasteiger partial charge < -0.3 is 4.74 Å². The summed E-state index contributed by atoms with van der Waals surface area (Å²) < 4.78 is 8.52. The summed E-state index contributed by atoms with van der Waals surface area (Å²) >= 11 is 6.99. The minimum absolute atomic E-state index is 0.0168. The summed E-state index contributed by atoms with van der Waals surface area (Å²) in [5.74, 6) is 0.774. The monoisotopic (exact) mass is 595 g/mol. The normalized spacial score (nSPS) is 14.2. The number of unbranched alkanes of at least 4 members (excludes halogenated alkanes) is 5. The van der Waals surface area contributed by atoms with E-state index in [2.05, 4.69) is 38.1 Å². The number of aryl methyl sites for hydroxylation is 1. The predicted molar refractivity (Wildman–Crippen MR) is 178 cm³/mol. The lowest BCUT2D eigenvalue weighted by atomic mass is 10.1. The van der Waals surface area contributed by atoms with Crippen LogP contribution in [-0.2, 0) is 11.4 Å². The number of benzene rings is 3. The third kappa shape index (κ3) is 7.58. The van der Waals surface area contributed by atoms with E-state index in [1.54, 1.807) is 4.90 Å². The highest BCUT2D eigenvalue weighted by Crippen LogP contribution is 2.35. The van der Waals surface area contributed by atoms with Crippen LogP contribution in [0, 0.1) is 6.92 Å². The fourth-order valence-electron chi connectivity index (χ4n) is 4.87. The number of amides is 1. The average molecular weight is 596 g/mol. The molecule has 1 aliphatic heterocycles. The summed E-state index contributed by atoms with van der Waals surface area (Å²) in [6.45, 7) is 5.48. The molecule has 0 N–H and O–H groups in total. The maximum atomic E-state index is 13.4. The first kappa shape index (κ1) is 29.8.